The van der Waals surface area contributed by atoms with Crippen molar-refractivity contribution in [1.82, 2.24) is 10.7 Å². The van der Waals surface area contributed by atoms with Crippen LogP contribution in [0.1, 0.15) is 32.3 Å². The van der Waals surface area contributed by atoms with Crippen LogP contribution in [0.5, 0.6) is 5.75 Å². The summed E-state index contributed by atoms with van der Waals surface area (Å²) in [7, 11) is 0. The van der Waals surface area contributed by atoms with Crippen LogP contribution >= 0.6 is 0 Å². The summed E-state index contributed by atoms with van der Waals surface area (Å²) in [5.74, 6) is 0.309. The minimum atomic E-state index is -0.451. The van der Waals surface area contributed by atoms with Crippen molar-refractivity contribution in [3.63, 3.8) is 0 Å². The summed E-state index contributed by atoms with van der Waals surface area (Å²) in [5, 5.41) is 6.74. The molecule has 0 unspecified atom stereocenters. The molecule has 0 fully saturated rings. The van der Waals surface area contributed by atoms with E-state index in [1.165, 1.54) is 0 Å². The maximum atomic E-state index is 11.7. The smallest absolute Gasteiger partial charge is 0.258 e. The van der Waals surface area contributed by atoms with Crippen LogP contribution in [-0.4, -0.2) is 36.2 Å². The molecule has 1 aromatic carbocycles. The third-order valence-electron chi connectivity index (χ3n) is 3.20. The third kappa shape index (κ3) is 5.71. The van der Waals surface area contributed by atoms with Crippen LogP contribution in [0.2, 0.25) is 0 Å². The Labute approximate surface area is 135 Å². The molecule has 23 heavy (non-hydrogen) atoms. The van der Waals surface area contributed by atoms with Crippen molar-refractivity contribution < 1.29 is 14.3 Å². The van der Waals surface area contributed by atoms with Crippen molar-refractivity contribution in [2.24, 2.45) is 10.8 Å². The molecule has 2 rings (SSSR count). The second-order valence-corrected chi connectivity index (χ2v) is 6.17. The molecule has 0 spiro atoms. The van der Waals surface area contributed by atoms with Gasteiger partial charge in [-0.25, -0.2) is 5.43 Å². The van der Waals surface area contributed by atoms with E-state index in [2.05, 4.69) is 15.8 Å². The number of amides is 2. The molecule has 7 nitrogen and oxygen atoms in total. The van der Waals surface area contributed by atoms with Crippen molar-refractivity contribution in [2.45, 2.75) is 32.2 Å². The number of rotatable bonds is 6. The van der Waals surface area contributed by atoms with E-state index >= 15 is 0 Å². The van der Waals surface area contributed by atoms with Crippen LogP contribution in [-0.2, 0) is 9.59 Å². The highest BCUT2D eigenvalue weighted by Gasteiger charge is 2.14. The predicted octanol–water partition coefficient (Wildman–Crippen LogP) is 0.533. The van der Waals surface area contributed by atoms with Gasteiger partial charge in [0.25, 0.3) is 5.91 Å². The zero-order valence-electron chi connectivity index (χ0n) is 13.4. The van der Waals surface area contributed by atoms with Crippen LogP contribution in [0, 0.1) is 0 Å². The van der Waals surface area contributed by atoms with E-state index in [0.29, 0.717) is 25.1 Å². The van der Waals surface area contributed by atoms with E-state index in [4.69, 9.17) is 10.5 Å². The summed E-state index contributed by atoms with van der Waals surface area (Å²) < 4.78 is 5.43. The molecule has 7 heteroatoms. The first-order valence-electron chi connectivity index (χ1n) is 7.48. The van der Waals surface area contributed by atoms with Crippen molar-refractivity contribution in [1.29, 1.82) is 0 Å². The molecule has 0 aliphatic carbocycles. The lowest BCUT2D eigenvalue weighted by Gasteiger charge is -2.18. The number of carbonyl (C=O) groups is 2. The Morgan fingerprint density at radius 1 is 1.35 bits per heavy atom. The van der Waals surface area contributed by atoms with Crippen LogP contribution < -0.4 is 21.2 Å². The average Bonchev–Trinajstić information content (AvgIpc) is 2.51. The Kier molecular flexibility index (Phi) is 5.33. The first-order chi connectivity index (χ1) is 10.8. The fourth-order valence-electron chi connectivity index (χ4n) is 1.95. The molecule has 1 heterocycles. The molecule has 0 saturated carbocycles. The Bertz CT molecular complexity index is 603. The molecule has 0 bridgehead atoms. The Hall–Kier alpha value is -2.41. The third-order valence-corrected chi connectivity index (χ3v) is 3.20. The van der Waals surface area contributed by atoms with Gasteiger partial charge in [0.05, 0.1) is 5.71 Å². The van der Waals surface area contributed by atoms with Gasteiger partial charge in [-0.2, -0.15) is 5.10 Å². The molecular weight excluding hydrogens is 296 g/mol. The maximum absolute atomic E-state index is 11.7. The second kappa shape index (κ2) is 7.23. The van der Waals surface area contributed by atoms with Gasteiger partial charge in [-0.1, -0.05) is 0 Å². The number of hydrogen-bond donors (Lipinski definition) is 3. The highest BCUT2D eigenvalue weighted by molar-refractivity contribution is 6.04. The summed E-state index contributed by atoms with van der Waals surface area (Å²) >= 11 is 0. The molecule has 0 aromatic heterocycles. The molecule has 1 aromatic rings. The first kappa shape index (κ1) is 17.0. The van der Waals surface area contributed by atoms with Gasteiger partial charge in [0.15, 0.2) is 6.61 Å². The molecule has 0 atom stereocenters. The van der Waals surface area contributed by atoms with Crippen molar-refractivity contribution in [2.75, 3.05) is 13.2 Å². The van der Waals surface area contributed by atoms with Gasteiger partial charge in [-0.3, -0.25) is 9.59 Å². The van der Waals surface area contributed by atoms with E-state index in [0.717, 1.165) is 11.3 Å². The van der Waals surface area contributed by atoms with E-state index in [1.807, 2.05) is 26.0 Å². The largest absolute Gasteiger partial charge is 0.484 e. The number of hydrogen-bond acceptors (Lipinski definition) is 5. The highest BCUT2D eigenvalue weighted by Crippen LogP contribution is 2.15. The fraction of sp³-hybridized carbons (Fsp3) is 0.438. The van der Waals surface area contributed by atoms with E-state index in [9.17, 15) is 9.59 Å². The highest BCUT2D eigenvalue weighted by atomic mass is 16.5. The lowest BCUT2D eigenvalue weighted by atomic mass is 10.0. The van der Waals surface area contributed by atoms with Gasteiger partial charge in [-0.15, -0.1) is 0 Å². The molecule has 2 amide bonds. The Morgan fingerprint density at radius 3 is 2.61 bits per heavy atom. The van der Waals surface area contributed by atoms with E-state index in [1.54, 1.807) is 12.1 Å². The summed E-state index contributed by atoms with van der Waals surface area (Å²) in [4.78, 5) is 22.7. The Morgan fingerprint density at radius 2 is 2.04 bits per heavy atom. The normalized spacial score (nSPS) is 14.7. The van der Waals surface area contributed by atoms with Crippen LogP contribution in [0.4, 0.5) is 0 Å². The summed E-state index contributed by atoms with van der Waals surface area (Å²) in [5.41, 5.74) is 9.56. The number of ether oxygens (including phenoxy) is 1. The number of carbonyl (C=O) groups excluding carboxylic acids is 2. The molecule has 1 aliphatic heterocycles. The summed E-state index contributed by atoms with van der Waals surface area (Å²) in [6.07, 6.45) is 1.05. The summed E-state index contributed by atoms with van der Waals surface area (Å²) in [6, 6.07) is 7.25. The van der Waals surface area contributed by atoms with Crippen molar-refractivity contribution >= 4 is 17.5 Å². The number of hydrazone groups is 1. The first-order valence-corrected chi connectivity index (χ1v) is 7.48. The molecular formula is C16H22N4O3. The minimum absolute atomic E-state index is 0.0631. The average molecular weight is 318 g/mol. The monoisotopic (exact) mass is 318 g/mol. The number of nitrogens with zero attached hydrogens (tertiary/aromatic N) is 1. The zero-order chi connectivity index (χ0) is 16.9. The minimum Gasteiger partial charge on any atom is -0.484 e. The number of benzene rings is 1. The van der Waals surface area contributed by atoms with Crippen LogP contribution in [0.15, 0.2) is 29.4 Å². The molecule has 0 saturated heterocycles. The van der Waals surface area contributed by atoms with E-state index < -0.39 is 5.54 Å². The molecule has 1 aliphatic rings. The maximum Gasteiger partial charge on any atom is 0.258 e. The van der Waals surface area contributed by atoms with Crippen LogP contribution in [0.25, 0.3) is 0 Å². The van der Waals surface area contributed by atoms with E-state index in [-0.39, 0.29) is 18.4 Å². The second-order valence-electron chi connectivity index (χ2n) is 6.17. The van der Waals surface area contributed by atoms with Gasteiger partial charge in [0, 0.05) is 24.9 Å². The van der Waals surface area contributed by atoms with Gasteiger partial charge in [0.2, 0.25) is 5.91 Å². The van der Waals surface area contributed by atoms with Crippen molar-refractivity contribution in [3.05, 3.63) is 29.8 Å². The molecule has 4 N–H and O–H groups in total. The van der Waals surface area contributed by atoms with Gasteiger partial charge in [-0.05, 0) is 43.7 Å². The SMILES string of the molecule is CC(C)(N)CNC(=O)COc1ccc(C2=NNC(=O)CC2)cc1. The van der Waals surface area contributed by atoms with Gasteiger partial charge < -0.3 is 15.8 Å². The number of nitrogens with two attached hydrogens (primary N) is 1. The van der Waals surface area contributed by atoms with Gasteiger partial charge in [0.1, 0.15) is 5.75 Å². The molecule has 0 radical (unpaired) electrons. The summed E-state index contributed by atoms with van der Waals surface area (Å²) in [6.45, 7) is 4.00. The topological polar surface area (TPSA) is 106 Å². The lowest BCUT2D eigenvalue weighted by Crippen LogP contribution is -2.46. The van der Waals surface area contributed by atoms with Crippen LogP contribution in [0.3, 0.4) is 0 Å². The van der Waals surface area contributed by atoms with Gasteiger partial charge >= 0.3 is 0 Å². The van der Waals surface area contributed by atoms with Crippen molar-refractivity contribution in [3.8, 4) is 5.75 Å². The predicted molar refractivity (Wildman–Crippen MR) is 87.1 cm³/mol. The quantitative estimate of drug-likeness (QED) is 0.711. The number of nitrogens with one attached hydrogen (secondary N) is 2. The fourth-order valence-corrected chi connectivity index (χ4v) is 1.95. The molecule has 124 valence electrons. The zero-order valence-corrected chi connectivity index (χ0v) is 13.4. The lowest BCUT2D eigenvalue weighted by molar-refractivity contribution is -0.123. The Balaban J connectivity index is 1.83. The standard InChI is InChI=1S/C16H22N4O3/c1-16(2,17)10-18-15(22)9-23-12-5-3-11(4-6-12)13-7-8-14(21)20-19-13/h3-6H,7-10,17H2,1-2H3,(H,18,22)(H,20,21).